The van der Waals surface area contributed by atoms with E-state index in [1.807, 2.05) is 6.92 Å². The molecule has 7 nitrogen and oxygen atoms in total. The molecule has 1 N–H and O–H groups in total. The predicted octanol–water partition coefficient (Wildman–Crippen LogP) is 3.46. The van der Waals surface area contributed by atoms with Crippen LogP contribution in [0.2, 0.25) is 0 Å². The number of hydrogen-bond acceptors (Lipinski definition) is 7. The summed E-state index contributed by atoms with van der Waals surface area (Å²) in [4.78, 5) is 12.0. The first-order chi connectivity index (χ1) is 11.0. The Morgan fingerprint density at radius 3 is 2.83 bits per heavy atom. The van der Waals surface area contributed by atoms with E-state index in [0.29, 0.717) is 10.4 Å². The van der Waals surface area contributed by atoms with Crippen molar-refractivity contribution >= 4 is 21.9 Å². The van der Waals surface area contributed by atoms with Crippen LogP contribution in [0.1, 0.15) is 21.8 Å². The summed E-state index contributed by atoms with van der Waals surface area (Å²) in [6, 6.07) is 8.03. The number of esters is 1. The van der Waals surface area contributed by atoms with Gasteiger partial charge in [-0.2, -0.15) is 0 Å². The van der Waals surface area contributed by atoms with Gasteiger partial charge in [0.1, 0.15) is 11.3 Å². The molecule has 118 valence electrons. The van der Waals surface area contributed by atoms with Crippen LogP contribution in [-0.4, -0.2) is 21.3 Å². The van der Waals surface area contributed by atoms with E-state index in [2.05, 4.69) is 26.1 Å². The number of aryl methyl sites for hydroxylation is 1. The third-order valence-electron chi connectivity index (χ3n) is 2.95. The van der Waals surface area contributed by atoms with Gasteiger partial charge in [0, 0.05) is 0 Å². The molecular formula is C15H11BrN2O5. The molecule has 0 bridgehead atoms. The summed E-state index contributed by atoms with van der Waals surface area (Å²) in [6.07, 6.45) is 0. The van der Waals surface area contributed by atoms with Gasteiger partial charge < -0.3 is 18.7 Å². The van der Waals surface area contributed by atoms with Gasteiger partial charge >= 0.3 is 5.97 Å². The summed E-state index contributed by atoms with van der Waals surface area (Å²) in [7, 11) is 0. The molecule has 0 aliphatic rings. The van der Waals surface area contributed by atoms with E-state index in [-0.39, 0.29) is 29.7 Å². The standard InChI is InChI=1S/C15H11BrN2O5/c1-8-2-3-10(19)9(6-8)15(20)21-7-13-17-18-14(23-13)11-4-5-12(16)22-11/h2-6,19H,7H2,1H3. The molecule has 0 atom stereocenters. The number of aromatic hydroxyl groups is 1. The Kier molecular flexibility index (Phi) is 4.16. The molecule has 0 spiro atoms. The number of furan rings is 1. The first kappa shape index (κ1) is 15.3. The van der Waals surface area contributed by atoms with E-state index in [1.165, 1.54) is 12.1 Å². The number of phenols is 1. The van der Waals surface area contributed by atoms with Gasteiger partial charge in [0.05, 0.1) is 0 Å². The van der Waals surface area contributed by atoms with E-state index < -0.39 is 5.97 Å². The summed E-state index contributed by atoms with van der Waals surface area (Å²) < 4.78 is 16.2. The number of aromatic nitrogens is 2. The van der Waals surface area contributed by atoms with Crippen LogP contribution in [0.15, 0.2) is 43.8 Å². The normalized spacial score (nSPS) is 10.7. The van der Waals surface area contributed by atoms with Crippen LogP contribution in [0.5, 0.6) is 5.75 Å². The minimum atomic E-state index is -0.674. The van der Waals surface area contributed by atoms with E-state index in [1.54, 1.807) is 18.2 Å². The van der Waals surface area contributed by atoms with Crippen LogP contribution in [0, 0.1) is 6.92 Å². The number of nitrogens with zero attached hydrogens (tertiary/aromatic N) is 2. The second kappa shape index (κ2) is 6.25. The Morgan fingerprint density at radius 2 is 2.09 bits per heavy atom. The third-order valence-corrected chi connectivity index (χ3v) is 3.38. The second-order valence-corrected chi connectivity index (χ2v) is 5.48. The van der Waals surface area contributed by atoms with Gasteiger partial charge in [0.2, 0.25) is 0 Å². The van der Waals surface area contributed by atoms with Crippen LogP contribution in [0.3, 0.4) is 0 Å². The highest BCUT2D eigenvalue weighted by Crippen LogP contribution is 2.24. The molecule has 0 unspecified atom stereocenters. The van der Waals surface area contributed by atoms with Gasteiger partial charge in [0.25, 0.3) is 11.8 Å². The molecule has 8 heteroatoms. The van der Waals surface area contributed by atoms with Crippen LogP contribution in [0.4, 0.5) is 0 Å². The number of hydrogen-bond donors (Lipinski definition) is 1. The molecule has 0 fully saturated rings. The summed E-state index contributed by atoms with van der Waals surface area (Å²) in [5, 5.41) is 17.3. The quantitative estimate of drug-likeness (QED) is 0.693. The van der Waals surface area contributed by atoms with Crippen molar-refractivity contribution in [3.63, 3.8) is 0 Å². The van der Waals surface area contributed by atoms with Crippen molar-refractivity contribution in [3.8, 4) is 17.4 Å². The molecule has 3 rings (SSSR count). The van der Waals surface area contributed by atoms with Crippen molar-refractivity contribution in [2.24, 2.45) is 0 Å². The second-order valence-electron chi connectivity index (χ2n) is 4.70. The van der Waals surface area contributed by atoms with Crippen LogP contribution >= 0.6 is 15.9 Å². The smallest absolute Gasteiger partial charge is 0.342 e. The van der Waals surface area contributed by atoms with Crippen LogP contribution < -0.4 is 0 Å². The summed E-state index contributed by atoms with van der Waals surface area (Å²) in [5.74, 6) is -0.120. The molecular weight excluding hydrogens is 368 g/mol. The monoisotopic (exact) mass is 378 g/mol. The SMILES string of the molecule is Cc1ccc(O)c(C(=O)OCc2nnc(-c3ccc(Br)o3)o2)c1. The van der Waals surface area contributed by atoms with E-state index >= 15 is 0 Å². The predicted molar refractivity (Wildman–Crippen MR) is 81.7 cm³/mol. The van der Waals surface area contributed by atoms with Gasteiger partial charge in [-0.1, -0.05) is 11.6 Å². The number of carbonyl (C=O) groups is 1. The summed E-state index contributed by atoms with van der Waals surface area (Å²) >= 11 is 3.17. The van der Waals surface area contributed by atoms with Crippen LogP contribution in [0.25, 0.3) is 11.7 Å². The largest absolute Gasteiger partial charge is 0.507 e. The molecule has 0 aliphatic heterocycles. The fraction of sp³-hybridized carbons (Fsp3) is 0.133. The number of phenolic OH excluding ortho intramolecular Hbond substituents is 1. The van der Waals surface area contributed by atoms with Gasteiger partial charge in [-0.05, 0) is 47.1 Å². The lowest BCUT2D eigenvalue weighted by Gasteiger charge is -2.05. The highest BCUT2D eigenvalue weighted by Gasteiger charge is 2.16. The average Bonchev–Trinajstić information content (AvgIpc) is 3.16. The van der Waals surface area contributed by atoms with Gasteiger partial charge in [-0.25, -0.2) is 4.79 Å². The first-order valence-corrected chi connectivity index (χ1v) is 7.37. The zero-order chi connectivity index (χ0) is 16.4. The van der Waals surface area contributed by atoms with Crippen molar-refractivity contribution in [3.05, 3.63) is 52.0 Å². The maximum Gasteiger partial charge on any atom is 0.342 e. The zero-order valence-electron chi connectivity index (χ0n) is 11.9. The molecule has 2 heterocycles. The van der Waals surface area contributed by atoms with Gasteiger partial charge in [0.15, 0.2) is 17.0 Å². The maximum absolute atomic E-state index is 12.0. The Labute approximate surface area is 139 Å². The molecule has 0 saturated carbocycles. The molecule has 0 amide bonds. The number of benzene rings is 1. The van der Waals surface area contributed by atoms with Crippen molar-refractivity contribution < 1.29 is 23.5 Å². The van der Waals surface area contributed by atoms with E-state index in [0.717, 1.165) is 5.56 Å². The number of rotatable bonds is 4. The topological polar surface area (TPSA) is 98.6 Å². The molecule has 0 saturated heterocycles. The molecule has 0 aliphatic carbocycles. The molecule has 0 radical (unpaired) electrons. The highest BCUT2D eigenvalue weighted by molar-refractivity contribution is 9.10. The average molecular weight is 379 g/mol. The fourth-order valence-electron chi connectivity index (χ4n) is 1.86. The number of carbonyl (C=O) groups excluding carboxylic acids is 1. The Bertz CT molecular complexity index is 855. The third kappa shape index (κ3) is 3.42. The van der Waals surface area contributed by atoms with Crippen molar-refractivity contribution in [2.75, 3.05) is 0 Å². The fourth-order valence-corrected chi connectivity index (χ4v) is 2.17. The van der Waals surface area contributed by atoms with E-state index in [4.69, 9.17) is 13.6 Å². The first-order valence-electron chi connectivity index (χ1n) is 6.58. The summed E-state index contributed by atoms with van der Waals surface area (Å²) in [6.45, 7) is 1.60. The zero-order valence-corrected chi connectivity index (χ0v) is 13.5. The van der Waals surface area contributed by atoms with Crippen molar-refractivity contribution in [1.82, 2.24) is 10.2 Å². The maximum atomic E-state index is 12.0. The van der Waals surface area contributed by atoms with Gasteiger partial charge in [-0.15, -0.1) is 10.2 Å². The molecule has 1 aromatic carbocycles. The number of halogens is 1. The van der Waals surface area contributed by atoms with Crippen LogP contribution in [-0.2, 0) is 11.3 Å². The highest BCUT2D eigenvalue weighted by atomic mass is 79.9. The Hall–Kier alpha value is -2.61. The lowest BCUT2D eigenvalue weighted by Crippen LogP contribution is -2.06. The van der Waals surface area contributed by atoms with E-state index in [9.17, 15) is 9.90 Å². The molecule has 3 aromatic rings. The number of ether oxygens (including phenoxy) is 1. The lowest BCUT2D eigenvalue weighted by atomic mass is 10.1. The van der Waals surface area contributed by atoms with Gasteiger partial charge in [-0.3, -0.25) is 0 Å². The minimum Gasteiger partial charge on any atom is -0.507 e. The summed E-state index contributed by atoms with van der Waals surface area (Å²) in [5.41, 5.74) is 0.915. The molecule has 23 heavy (non-hydrogen) atoms. The van der Waals surface area contributed by atoms with Crippen molar-refractivity contribution in [2.45, 2.75) is 13.5 Å². The molecule has 2 aromatic heterocycles. The minimum absolute atomic E-state index is 0.0831. The Morgan fingerprint density at radius 1 is 1.26 bits per heavy atom. The lowest BCUT2D eigenvalue weighted by molar-refractivity contribution is 0.0435. The Balaban J connectivity index is 1.68. The van der Waals surface area contributed by atoms with Crippen molar-refractivity contribution in [1.29, 1.82) is 0 Å².